The molecule has 0 aliphatic heterocycles. The van der Waals surface area contributed by atoms with E-state index >= 15 is 0 Å². The first kappa shape index (κ1) is 18.1. The second kappa shape index (κ2) is 8.04. The summed E-state index contributed by atoms with van der Waals surface area (Å²) in [5, 5.41) is 2.80. The van der Waals surface area contributed by atoms with E-state index in [0.717, 1.165) is 11.8 Å². The van der Waals surface area contributed by atoms with Crippen LogP contribution in [0.2, 0.25) is 0 Å². The zero-order valence-electron chi connectivity index (χ0n) is 13.3. The Morgan fingerprint density at radius 2 is 1.92 bits per heavy atom. The van der Waals surface area contributed by atoms with Gasteiger partial charge >= 0.3 is 5.97 Å². The van der Waals surface area contributed by atoms with Crippen LogP contribution >= 0.6 is 0 Å². The van der Waals surface area contributed by atoms with E-state index in [-0.39, 0.29) is 38.0 Å². The molecular formula is C18H21F2NO3. The minimum absolute atomic E-state index is 0.0509. The highest BCUT2D eigenvalue weighted by Crippen LogP contribution is 2.36. The largest absolute Gasteiger partial charge is 0.435 e. The minimum Gasteiger partial charge on any atom is -0.435 e. The summed E-state index contributed by atoms with van der Waals surface area (Å²) in [5.74, 6) is -3.95. The highest BCUT2D eigenvalue weighted by molar-refractivity contribution is 5.80. The van der Waals surface area contributed by atoms with Gasteiger partial charge < -0.3 is 10.1 Å². The van der Waals surface area contributed by atoms with Crippen molar-refractivity contribution in [2.75, 3.05) is 0 Å². The van der Waals surface area contributed by atoms with E-state index in [9.17, 15) is 18.4 Å². The van der Waals surface area contributed by atoms with Crippen molar-refractivity contribution in [2.45, 2.75) is 44.1 Å². The third-order valence-corrected chi connectivity index (χ3v) is 4.19. The van der Waals surface area contributed by atoms with E-state index in [2.05, 4.69) is 11.9 Å². The molecule has 0 spiro atoms. The highest BCUT2D eigenvalue weighted by Gasteiger charge is 2.37. The fraction of sp³-hybridized carbons (Fsp3) is 0.444. The summed E-state index contributed by atoms with van der Waals surface area (Å²) in [6, 6.07) is 8.45. The molecule has 0 aromatic heterocycles. The van der Waals surface area contributed by atoms with Gasteiger partial charge in [-0.1, -0.05) is 36.9 Å². The Balaban J connectivity index is 2.03. The lowest BCUT2D eigenvalue weighted by Crippen LogP contribution is -2.38. The Hall–Kier alpha value is -2.24. The van der Waals surface area contributed by atoms with Gasteiger partial charge in [0.1, 0.15) is 0 Å². The summed E-state index contributed by atoms with van der Waals surface area (Å²) >= 11 is 0. The second-order valence-electron chi connectivity index (χ2n) is 5.96. The van der Waals surface area contributed by atoms with Crippen molar-refractivity contribution < 1.29 is 23.1 Å². The van der Waals surface area contributed by atoms with Gasteiger partial charge in [0.15, 0.2) is 0 Å². The number of hydrogen-bond donors (Lipinski definition) is 1. The first-order valence-corrected chi connectivity index (χ1v) is 7.95. The van der Waals surface area contributed by atoms with Crippen LogP contribution < -0.4 is 5.32 Å². The number of carbonyl (C=O) groups excluding carboxylic acids is 2. The summed E-state index contributed by atoms with van der Waals surface area (Å²) in [6.07, 6.45) is 0.730. The van der Waals surface area contributed by atoms with E-state index in [1.807, 2.05) is 6.07 Å². The molecule has 0 bridgehead atoms. The Labute approximate surface area is 139 Å². The second-order valence-corrected chi connectivity index (χ2v) is 5.96. The monoisotopic (exact) mass is 337 g/mol. The molecule has 2 rings (SSSR count). The molecule has 1 amide bonds. The molecule has 1 aromatic rings. The van der Waals surface area contributed by atoms with Crippen molar-refractivity contribution >= 4 is 11.9 Å². The van der Waals surface area contributed by atoms with Gasteiger partial charge in [-0.05, 0) is 18.4 Å². The van der Waals surface area contributed by atoms with Crippen LogP contribution in [-0.4, -0.2) is 17.8 Å². The highest BCUT2D eigenvalue weighted by atomic mass is 19.3. The fourth-order valence-electron chi connectivity index (χ4n) is 2.84. The molecule has 1 aliphatic rings. The van der Waals surface area contributed by atoms with Crippen molar-refractivity contribution in [3.8, 4) is 0 Å². The quantitative estimate of drug-likeness (QED) is 0.635. The predicted octanol–water partition coefficient (Wildman–Crippen LogP) is 3.75. The van der Waals surface area contributed by atoms with Crippen LogP contribution in [0.15, 0.2) is 43.2 Å². The van der Waals surface area contributed by atoms with Crippen LogP contribution in [0.5, 0.6) is 0 Å². The van der Waals surface area contributed by atoms with Gasteiger partial charge in [-0.3, -0.25) is 9.59 Å². The number of halogens is 2. The van der Waals surface area contributed by atoms with Crippen molar-refractivity contribution in [1.82, 2.24) is 5.32 Å². The lowest BCUT2D eigenvalue weighted by atomic mass is 9.86. The molecule has 1 aliphatic carbocycles. The first-order valence-electron chi connectivity index (χ1n) is 7.95. The number of amides is 1. The third-order valence-electron chi connectivity index (χ3n) is 4.19. The third kappa shape index (κ3) is 5.15. The van der Waals surface area contributed by atoms with Crippen LogP contribution in [0.4, 0.5) is 8.78 Å². The molecule has 6 heteroatoms. The number of esters is 1. The van der Waals surface area contributed by atoms with Gasteiger partial charge in [-0.2, -0.15) is 0 Å². The number of nitrogens with one attached hydrogen (secondary N) is 1. The number of alkyl halides is 2. The zero-order valence-corrected chi connectivity index (χ0v) is 13.3. The average Bonchev–Trinajstić information content (AvgIpc) is 2.55. The number of carbonyl (C=O) groups is 2. The normalized spacial score (nSPS) is 18.4. The van der Waals surface area contributed by atoms with Crippen molar-refractivity contribution in [1.29, 1.82) is 0 Å². The fourth-order valence-corrected chi connectivity index (χ4v) is 2.84. The van der Waals surface area contributed by atoms with Crippen molar-refractivity contribution in [3.63, 3.8) is 0 Å². The molecule has 4 nitrogen and oxygen atoms in total. The average molecular weight is 337 g/mol. The van der Waals surface area contributed by atoms with E-state index < -0.39 is 23.9 Å². The standard InChI is InChI=1S/C18H21F2NO3/c1-2-24-16(22)12-15(13-6-4-3-5-7-13)21-17(23)14-8-10-18(19,20)11-9-14/h2-7,14-15H,1,8-12H2,(H,21,23). The molecule has 1 N–H and O–H groups in total. The SMILES string of the molecule is C=COC(=O)CC(NC(=O)C1CCC(F)(F)CC1)c1ccccc1. The molecule has 1 fully saturated rings. The Bertz CT molecular complexity index is 579. The lowest BCUT2D eigenvalue weighted by Gasteiger charge is -2.29. The number of benzene rings is 1. The molecule has 0 radical (unpaired) electrons. The van der Waals surface area contributed by atoms with Gasteiger partial charge in [-0.15, -0.1) is 0 Å². The number of ether oxygens (including phenoxy) is 1. The maximum atomic E-state index is 13.2. The van der Waals surface area contributed by atoms with Crippen molar-refractivity contribution in [3.05, 3.63) is 48.7 Å². The van der Waals surface area contributed by atoms with Gasteiger partial charge in [-0.25, -0.2) is 8.78 Å². The predicted molar refractivity (Wildman–Crippen MR) is 85.1 cm³/mol. The van der Waals surface area contributed by atoms with E-state index in [1.54, 1.807) is 24.3 Å². The van der Waals surface area contributed by atoms with Crippen LogP contribution in [0.1, 0.15) is 43.7 Å². The summed E-state index contributed by atoms with van der Waals surface area (Å²) in [5.41, 5.74) is 0.757. The maximum Gasteiger partial charge on any atom is 0.313 e. The molecule has 0 saturated heterocycles. The number of rotatable bonds is 6. The maximum absolute atomic E-state index is 13.2. The molecule has 0 heterocycles. The van der Waals surface area contributed by atoms with Gasteiger partial charge in [0.05, 0.1) is 18.7 Å². The molecule has 130 valence electrons. The topological polar surface area (TPSA) is 55.4 Å². The van der Waals surface area contributed by atoms with Crippen LogP contribution in [0.3, 0.4) is 0 Å². The summed E-state index contributed by atoms with van der Waals surface area (Å²) in [7, 11) is 0. The first-order chi connectivity index (χ1) is 11.4. The molecule has 1 saturated carbocycles. The van der Waals surface area contributed by atoms with E-state index in [0.29, 0.717) is 0 Å². The Kier molecular flexibility index (Phi) is 6.06. The molecule has 24 heavy (non-hydrogen) atoms. The van der Waals surface area contributed by atoms with Gasteiger partial charge in [0.2, 0.25) is 11.8 Å². The summed E-state index contributed by atoms with van der Waals surface area (Å²) in [4.78, 5) is 24.1. The molecule has 1 unspecified atom stereocenters. The lowest BCUT2D eigenvalue weighted by molar-refractivity contribution is -0.139. The van der Waals surface area contributed by atoms with Gasteiger partial charge in [0.25, 0.3) is 0 Å². The van der Waals surface area contributed by atoms with Crippen LogP contribution in [0.25, 0.3) is 0 Å². The smallest absolute Gasteiger partial charge is 0.313 e. The molecule has 1 aromatic carbocycles. The molecular weight excluding hydrogens is 316 g/mol. The summed E-state index contributed by atoms with van der Waals surface area (Å²) < 4.78 is 31.2. The summed E-state index contributed by atoms with van der Waals surface area (Å²) in [6.45, 7) is 3.33. The van der Waals surface area contributed by atoms with Crippen LogP contribution in [0, 0.1) is 5.92 Å². The number of hydrogen-bond acceptors (Lipinski definition) is 3. The van der Waals surface area contributed by atoms with Crippen molar-refractivity contribution in [2.24, 2.45) is 5.92 Å². The van der Waals surface area contributed by atoms with E-state index in [4.69, 9.17) is 4.74 Å². The van der Waals surface area contributed by atoms with E-state index in [1.165, 1.54) is 0 Å². The Morgan fingerprint density at radius 1 is 1.29 bits per heavy atom. The van der Waals surface area contributed by atoms with Crippen LogP contribution in [-0.2, 0) is 14.3 Å². The molecule has 1 atom stereocenters. The minimum atomic E-state index is -2.68. The zero-order chi connectivity index (χ0) is 17.6. The van der Waals surface area contributed by atoms with Gasteiger partial charge in [0, 0.05) is 18.8 Å². The Morgan fingerprint density at radius 3 is 2.50 bits per heavy atom.